The second-order valence-electron chi connectivity index (χ2n) is 5.47. The molecule has 0 spiro atoms. The third-order valence-corrected chi connectivity index (χ3v) is 4.24. The molecule has 0 radical (unpaired) electrons. The highest BCUT2D eigenvalue weighted by atomic mass is 31.2. The first-order valence-electron chi connectivity index (χ1n) is 7.05. The van der Waals surface area contributed by atoms with Crippen molar-refractivity contribution in [3.63, 3.8) is 0 Å². The molecule has 1 aliphatic heterocycles. The number of fused-ring (bicyclic) bond motifs is 1. The van der Waals surface area contributed by atoms with Gasteiger partial charge in [-0.05, 0) is 0 Å². The van der Waals surface area contributed by atoms with Crippen LogP contribution in [0.3, 0.4) is 0 Å². The van der Waals surface area contributed by atoms with Crippen LogP contribution in [0.15, 0.2) is 17.4 Å². The van der Waals surface area contributed by atoms with Crippen molar-refractivity contribution in [2.45, 2.75) is 24.5 Å². The van der Waals surface area contributed by atoms with Crippen LogP contribution in [-0.4, -0.2) is 73.1 Å². The molecule has 0 amide bonds. The van der Waals surface area contributed by atoms with E-state index in [-0.39, 0.29) is 17.8 Å². The van der Waals surface area contributed by atoms with Gasteiger partial charge in [-0.15, -0.1) is 0 Å². The number of nitrogens with zero attached hydrogens (tertiary/aromatic N) is 3. The Bertz CT molecular complexity index is 773. The highest BCUT2D eigenvalue weighted by Crippen LogP contribution is 2.51. The van der Waals surface area contributed by atoms with Crippen LogP contribution >= 0.6 is 7.94 Å². The lowest BCUT2D eigenvalue weighted by Gasteiger charge is -2.19. The molecule has 0 aliphatic carbocycles. The lowest BCUT2D eigenvalue weighted by Crippen LogP contribution is -2.36. The third kappa shape index (κ3) is 3.20. The first-order chi connectivity index (χ1) is 11.3. The molecule has 132 valence electrons. The first-order valence-corrected chi connectivity index (χ1v) is 9.11. The molecule has 1 saturated heterocycles. The quantitative estimate of drug-likeness (QED) is 0.480. The zero-order chi connectivity index (χ0) is 17.5. The molecule has 0 bridgehead atoms. The lowest BCUT2D eigenvalue weighted by molar-refractivity contribution is -0.0574. The molecular formula is C12H18N4O7P+. The maximum absolute atomic E-state index is 11.7. The Morgan fingerprint density at radius 3 is 2.88 bits per heavy atom. The van der Waals surface area contributed by atoms with Gasteiger partial charge < -0.3 is 19.6 Å². The minimum Gasteiger partial charge on any atom is -0.385 e. The highest BCUT2D eigenvalue weighted by molar-refractivity contribution is 7.58. The molecule has 0 aromatic carbocycles. The summed E-state index contributed by atoms with van der Waals surface area (Å²) >= 11 is 0. The number of hydrogen-bond donors (Lipinski definition) is 4. The van der Waals surface area contributed by atoms with Crippen LogP contribution in [0.2, 0.25) is 0 Å². The maximum Gasteiger partial charge on any atom is 0.403 e. The molecule has 1 aliphatic rings. The summed E-state index contributed by atoms with van der Waals surface area (Å²) in [4.78, 5) is 41.3. The van der Waals surface area contributed by atoms with Crippen molar-refractivity contribution in [3.05, 3.63) is 23.0 Å². The van der Waals surface area contributed by atoms with E-state index in [0.29, 0.717) is 0 Å². The van der Waals surface area contributed by atoms with Crippen molar-refractivity contribution in [1.29, 1.82) is 0 Å². The van der Waals surface area contributed by atoms with E-state index in [9.17, 15) is 19.7 Å². The van der Waals surface area contributed by atoms with Gasteiger partial charge in [-0.25, -0.2) is 9.97 Å². The number of methoxy groups -OCH3 is 1. The lowest BCUT2D eigenvalue weighted by atomic mass is 10.1. The van der Waals surface area contributed by atoms with Gasteiger partial charge in [-0.1, -0.05) is 0 Å². The van der Waals surface area contributed by atoms with Gasteiger partial charge in [0.1, 0.15) is 18.9 Å². The molecule has 3 rings (SSSR count). The minimum absolute atomic E-state index is 0.0683. The predicted molar refractivity (Wildman–Crippen MR) is 82.1 cm³/mol. The topological polar surface area (TPSA) is 152 Å². The van der Waals surface area contributed by atoms with Gasteiger partial charge >= 0.3 is 7.94 Å². The zero-order valence-electron chi connectivity index (χ0n) is 12.9. The Morgan fingerprint density at radius 1 is 1.46 bits per heavy atom. The van der Waals surface area contributed by atoms with Gasteiger partial charge in [-0.2, -0.15) is 14.3 Å². The Morgan fingerprint density at radius 2 is 2.21 bits per heavy atom. The number of nitrogens with one attached hydrogen (secondary N) is 1. The Balaban J connectivity index is 1.96. The normalized spacial score (nSPS) is 27.9. The van der Waals surface area contributed by atoms with Crippen LogP contribution in [0, 0.1) is 0 Å². The number of aromatic nitrogens is 4. The van der Waals surface area contributed by atoms with Crippen LogP contribution in [0.5, 0.6) is 0 Å². The second-order valence-corrected chi connectivity index (χ2v) is 7.35. The fourth-order valence-electron chi connectivity index (χ4n) is 2.66. The summed E-state index contributed by atoms with van der Waals surface area (Å²) in [5.41, 5.74) is -0.0931. The minimum atomic E-state index is -3.61. The molecule has 4 atom stereocenters. The average Bonchev–Trinajstić information content (AvgIpc) is 3.03. The van der Waals surface area contributed by atoms with Crippen molar-refractivity contribution < 1.29 is 28.9 Å². The largest absolute Gasteiger partial charge is 0.403 e. The van der Waals surface area contributed by atoms with Gasteiger partial charge in [0.15, 0.2) is 23.5 Å². The number of rotatable bonds is 5. The summed E-state index contributed by atoms with van der Waals surface area (Å²) in [5.74, 6) is 0. The van der Waals surface area contributed by atoms with Crippen molar-refractivity contribution in [1.82, 2.24) is 19.5 Å². The van der Waals surface area contributed by atoms with E-state index in [1.165, 1.54) is 24.3 Å². The maximum atomic E-state index is 11.7. The number of hydrogen-bond acceptors (Lipinski definition) is 9. The van der Waals surface area contributed by atoms with Crippen LogP contribution in [0.1, 0.15) is 6.23 Å². The molecule has 24 heavy (non-hydrogen) atoms. The van der Waals surface area contributed by atoms with Gasteiger partial charge in [0.2, 0.25) is 0 Å². The summed E-state index contributed by atoms with van der Waals surface area (Å²) < 4.78 is 17.3. The number of aliphatic hydroxyl groups is 1. The van der Waals surface area contributed by atoms with Crippen LogP contribution in [0.4, 0.5) is 0 Å². The first kappa shape index (κ1) is 17.4. The van der Waals surface area contributed by atoms with Crippen LogP contribution in [0.25, 0.3) is 11.2 Å². The third-order valence-electron chi connectivity index (χ3n) is 3.60. The fourth-order valence-corrected chi connectivity index (χ4v) is 3.38. The monoisotopic (exact) mass is 361 g/mol. The molecule has 3 heterocycles. The van der Waals surface area contributed by atoms with E-state index < -0.39 is 38.0 Å². The Labute approximate surface area is 136 Å². The predicted octanol–water partition coefficient (Wildman–Crippen LogP) is -1.21. The summed E-state index contributed by atoms with van der Waals surface area (Å²) in [5, 5.41) is 10.5. The van der Waals surface area contributed by atoms with E-state index >= 15 is 0 Å². The number of aromatic amines is 1. The number of aliphatic hydroxyl groups excluding tert-OH is 1. The smallest absolute Gasteiger partial charge is 0.385 e. The van der Waals surface area contributed by atoms with E-state index in [2.05, 4.69) is 15.0 Å². The molecule has 2 unspecified atom stereocenters. The summed E-state index contributed by atoms with van der Waals surface area (Å²) in [6, 6.07) is 0. The van der Waals surface area contributed by atoms with Gasteiger partial charge in [0.25, 0.3) is 5.56 Å². The molecule has 4 N–H and O–H groups in total. The molecule has 1 fully saturated rings. The Kier molecular flexibility index (Phi) is 4.67. The zero-order valence-corrected chi connectivity index (χ0v) is 13.8. The molecule has 11 nitrogen and oxygen atoms in total. The SMILES string of the molecule is COC[C@H]1O[C@@H](n2cnc3c(=O)[nH]cnc32)C(O)C1O[P+](C)(O)O. The standard InChI is InChI=1S/C12H17N4O7P/c1-21-3-6-9(23-24(2,19)20)8(17)12(22-6)16-5-15-7-10(16)13-4-14-11(7)18/h4-6,8-9,12,17,19-20H,3H2,1-2H3/p+1/t6-,8?,9?,12-/m1/s1. The summed E-state index contributed by atoms with van der Waals surface area (Å²) in [6.07, 6.45) is -1.45. The van der Waals surface area contributed by atoms with Crippen molar-refractivity contribution in [2.24, 2.45) is 0 Å². The number of H-pyrrole nitrogens is 1. The molecule has 12 heteroatoms. The van der Waals surface area contributed by atoms with E-state index in [1.54, 1.807) is 0 Å². The number of ether oxygens (including phenoxy) is 2. The van der Waals surface area contributed by atoms with Crippen molar-refractivity contribution in [2.75, 3.05) is 20.4 Å². The van der Waals surface area contributed by atoms with E-state index in [0.717, 1.165) is 6.66 Å². The van der Waals surface area contributed by atoms with E-state index in [1.807, 2.05) is 0 Å². The fraction of sp³-hybridized carbons (Fsp3) is 0.583. The Hall–Kier alpha value is -1.46. The highest BCUT2D eigenvalue weighted by Gasteiger charge is 2.51. The average molecular weight is 361 g/mol. The van der Waals surface area contributed by atoms with E-state index in [4.69, 9.17) is 14.0 Å². The van der Waals surface area contributed by atoms with Crippen LogP contribution < -0.4 is 5.56 Å². The molecule has 0 saturated carbocycles. The molecule has 2 aromatic heterocycles. The van der Waals surface area contributed by atoms with Gasteiger partial charge in [-0.3, -0.25) is 9.36 Å². The second kappa shape index (κ2) is 6.45. The van der Waals surface area contributed by atoms with Crippen LogP contribution in [-0.2, 0) is 14.0 Å². The van der Waals surface area contributed by atoms with Crippen molar-refractivity contribution >= 4 is 19.1 Å². The summed E-state index contributed by atoms with van der Waals surface area (Å²) in [7, 11) is -2.17. The van der Waals surface area contributed by atoms with Gasteiger partial charge in [0, 0.05) is 7.11 Å². The van der Waals surface area contributed by atoms with Crippen molar-refractivity contribution in [3.8, 4) is 0 Å². The van der Waals surface area contributed by atoms with Gasteiger partial charge in [0.05, 0.1) is 19.3 Å². The molecular weight excluding hydrogens is 343 g/mol. The summed E-state index contributed by atoms with van der Waals surface area (Å²) in [6.45, 7) is 1.20. The number of imidazole rings is 1. The molecule has 2 aromatic rings.